The Morgan fingerprint density at radius 1 is 1.19 bits per heavy atom. The molecule has 3 amide bonds. The molecule has 2 aromatic carbocycles. The maximum Gasteiger partial charge on any atom is 0.323 e. The lowest BCUT2D eigenvalue weighted by Gasteiger charge is -2.19. The predicted octanol–water partition coefficient (Wildman–Crippen LogP) is 3.47. The summed E-state index contributed by atoms with van der Waals surface area (Å²) in [5.41, 5.74) is 4.24. The van der Waals surface area contributed by atoms with E-state index in [-0.39, 0.29) is 17.5 Å². The minimum Gasteiger partial charge on any atom is -0.308 e. The first-order valence-corrected chi connectivity index (χ1v) is 7.92. The fourth-order valence-corrected chi connectivity index (χ4v) is 2.63. The molecule has 8 heteroatoms. The summed E-state index contributed by atoms with van der Waals surface area (Å²) in [4.78, 5) is 23.4. The molecule has 3 N–H and O–H groups in total. The molecule has 1 heterocycles. The van der Waals surface area contributed by atoms with Crippen LogP contribution < -0.4 is 16.1 Å². The lowest BCUT2D eigenvalue weighted by Crippen LogP contribution is -2.32. The van der Waals surface area contributed by atoms with Gasteiger partial charge in [-0.1, -0.05) is 19.1 Å². The lowest BCUT2D eigenvalue weighted by molar-refractivity contribution is -0.121. The molecule has 3 rings (SSSR count). The number of carbonyl (C=O) groups excluding carboxylic acids is 2. The number of halogens is 2. The molecule has 0 bridgehead atoms. The second-order valence-electron chi connectivity index (χ2n) is 5.92. The maximum absolute atomic E-state index is 13.6. The van der Waals surface area contributed by atoms with Crippen LogP contribution in [0, 0.1) is 17.6 Å². The van der Waals surface area contributed by atoms with Gasteiger partial charge < -0.3 is 10.6 Å². The van der Waals surface area contributed by atoms with E-state index in [1.165, 1.54) is 0 Å². The van der Waals surface area contributed by atoms with Crippen molar-refractivity contribution in [3.05, 3.63) is 59.7 Å². The fraction of sp³-hybridized carbons (Fsp3) is 0.167. The highest BCUT2D eigenvalue weighted by atomic mass is 19.1. The van der Waals surface area contributed by atoms with Gasteiger partial charge in [-0.15, -0.1) is 0 Å². The van der Waals surface area contributed by atoms with Crippen molar-refractivity contribution in [2.45, 2.75) is 13.3 Å². The molecule has 2 aromatic rings. The van der Waals surface area contributed by atoms with E-state index in [0.29, 0.717) is 23.9 Å². The van der Waals surface area contributed by atoms with Gasteiger partial charge in [0.15, 0.2) is 0 Å². The number of hydrazone groups is 1. The Morgan fingerprint density at radius 2 is 2.00 bits per heavy atom. The number of nitrogens with one attached hydrogen (secondary N) is 3. The quantitative estimate of drug-likeness (QED) is 0.785. The number of nitrogens with zero attached hydrogens (tertiary/aromatic N) is 1. The highest BCUT2D eigenvalue weighted by Crippen LogP contribution is 2.20. The van der Waals surface area contributed by atoms with Gasteiger partial charge in [0.2, 0.25) is 5.91 Å². The molecule has 134 valence electrons. The first kappa shape index (κ1) is 17.5. The van der Waals surface area contributed by atoms with Crippen LogP contribution in [-0.4, -0.2) is 17.6 Å². The molecule has 0 aliphatic carbocycles. The van der Waals surface area contributed by atoms with Crippen LogP contribution >= 0.6 is 0 Å². The van der Waals surface area contributed by atoms with E-state index in [1.54, 1.807) is 18.2 Å². The molecule has 1 atom stereocenters. The van der Waals surface area contributed by atoms with E-state index in [4.69, 9.17) is 0 Å². The van der Waals surface area contributed by atoms with E-state index >= 15 is 0 Å². The third-order valence-electron chi connectivity index (χ3n) is 3.85. The molecule has 0 saturated carbocycles. The van der Waals surface area contributed by atoms with Gasteiger partial charge in [-0.05, 0) is 24.3 Å². The summed E-state index contributed by atoms with van der Waals surface area (Å²) >= 11 is 0. The Balaban J connectivity index is 1.72. The van der Waals surface area contributed by atoms with Gasteiger partial charge in [-0.3, -0.25) is 4.79 Å². The maximum atomic E-state index is 13.6. The van der Waals surface area contributed by atoms with E-state index in [9.17, 15) is 18.4 Å². The molecular weight excluding hydrogens is 342 g/mol. The van der Waals surface area contributed by atoms with Crippen molar-refractivity contribution >= 4 is 29.0 Å². The van der Waals surface area contributed by atoms with E-state index in [1.807, 2.05) is 13.0 Å². The standard InChI is InChI=1S/C18H16F2N4O2/c1-10-7-16(25)23-24-17(10)11-3-2-4-13(8-11)21-18(26)22-15-6-5-12(19)9-14(15)20/h2-6,8-10H,7H2,1H3,(H,23,25)(H2,21,22,26). The van der Waals surface area contributed by atoms with Gasteiger partial charge in [0.1, 0.15) is 11.6 Å². The van der Waals surface area contributed by atoms with Crippen LogP contribution in [0.25, 0.3) is 0 Å². The van der Waals surface area contributed by atoms with Crippen LogP contribution in [0.1, 0.15) is 18.9 Å². The Bertz CT molecular complexity index is 899. The van der Waals surface area contributed by atoms with Gasteiger partial charge in [0.25, 0.3) is 0 Å². The van der Waals surface area contributed by atoms with Gasteiger partial charge in [0.05, 0.1) is 11.4 Å². The molecule has 0 saturated heterocycles. The zero-order valence-electron chi connectivity index (χ0n) is 13.8. The minimum absolute atomic E-state index is 0.0545. The van der Waals surface area contributed by atoms with Crippen LogP contribution in [0.5, 0.6) is 0 Å². The summed E-state index contributed by atoms with van der Waals surface area (Å²) in [6.45, 7) is 1.89. The summed E-state index contributed by atoms with van der Waals surface area (Å²) in [7, 11) is 0. The van der Waals surface area contributed by atoms with Crippen LogP contribution in [0.15, 0.2) is 47.6 Å². The van der Waals surface area contributed by atoms with Gasteiger partial charge in [-0.25, -0.2) is 19.0 Å². The molecule has 0 radical (unpaired) electrons. The number of hydrogen-bond acceptors (Lipinski definition) is 3. The van der Waals surface area contributed by atoms with Crippen molar-refractivity contribution in [3.63, 3.8) is 0 Å². The number of urea groups is 1. The van der Waals surface area contributed by atoms with Gasteiger partial charge in [-0.2, -0.15) is 5.10 Å². The molecule has 1 unspecified atom stereocenters. The third-order valence-corrected chi connectivity index (χ3v) is 3.85. The molecule has 0 aromatic heterocycles. The summed E-state index contributed by atoms with van der Waals surface area (Å²) in [6.07, 6.45) is 0.334. The summed E-state index contributed by atoms with van der Waals surface area (Å²) in [6, 6.07) is 9.12. The van der Waals surface area contributed by atoms with E-state index in [0.717, 1.165) is 17.7 Å². The highest BCUT2D eigenvalue weighted by Gasteiger charge is 2.21. The molecule has 1 aliphatic heterocycles. The number of carbonyl (C=O) groups is 2. The third kappa shape index (κ3) is 4.02. The SMILES string of the molecule is CC1CC(=O)NN=C1c1cccc(NC(=O)Nc2ccc(F)cc2F)c1. The monoisotopic (exact) mass is 358 g/mol. The summed E-state index contributed by atoms with van der Waals surface area (Å²) in [5, 5.41) is 8.98. The van der Waals surface area contributed by atoms with Crippen molar-refractivity contribution in [2.75, 3.05) is 10.6 Å². The Kier molecular flexibility index (Phi) is 4.92. The van der Waals surface area contributed by atoms with E-state index < -0.39 is 17.7 Å². The molecule has 1 aliphatic rings. The first-order chi connectivity index (χ1) is 12.4. The largest absolute Gasteiger partial charge is 0.323 e. The lowest BCUT2D eigenvalue weighted by atomic mass is 9.94. The van der Waals surface area contributed by atoms with Crippen LogP contribution in [0.2, 0.25) is 0 Å². The summed E-state index contributed by atoms with van der Waals surface area (Å²) < 4.78 is 26.5. The Morgan fingerprint density at radius 3 is 2.73 bits per heavy atom. The Hall–Kier alpha value is -3.29. The number of anilines is 2. The minimum atomic E-state index is -0.866. The van der Waals surface area contributed by atoms with Crippen molar-refractivity contribution in [2.24, 2.45) is 11.0 Å². The average Bonchev–Trinajstić information content (AvgIpc) is 2.57. The van der Waals surface area contributed by atoms with Crippen LogP contribution in [0.4, 0.5) is 25.0 Å². The smallest absolute Gasteiger partial charge is 0.308 e. The van der Waals surface area contributed by atoms with Crippen molar-refractivity contribution in [3.8, 4) is 0 Å². The molecular formula is C18H16F2N4O2. The van der Waals surface area contributed by atoms with Gasteiger partial charge in [0, 0.05) is 29.7 Å². The number of rotatable bonds is 3. The fourth-order valence-electron chi connectivity index (χ4n) is 2.63. The predicted molar refractivity (Wildman–Crippen MR) is 93.9 cm³/mol. The second kappa shape index (κ2) is 7.30. The average molecular weight is 358 g/mol. The van der Waals surface area contributed by atoms with Crippen LogP contribution in [-0.2, 0) is 4.79 Å². The second-order valence-corrected chi connectivity index (χ2v) is 5.92. The van der Waals surface area contributed by atoms with Crippen LogP contribution in [0.3, 0.4) is 0 Å². The zero-order valence-corrected chi connectivity index (χ0v) is 13.8. The molecule has 26 heavy (non-hydrogen) atoms. The number of benzene rings is 2. The zero-order chi connectivity index (χ0) is 18.7. The highest BCUT2D eigenvalue weighted by molar-refractivity contribution is 6.07. The van der Waals surface area contributed by atoms with E-state index in [2.05, 4.69) is 21.2 Å². The summed E-state index contributed by atoms with van der Waals surface area (Å²) in [5.74, 6) is -1.79. The normalized spacial score (nSPS) is 16.5. The van der Waals surface area contributed by atoms with Crippen molar-refractivity contribution < 1.29 is 18.4 Å². The van der Waals surface area contributed by atoms with Gasteiger partial charge >= 0.3 is 6.03 Å². The Labute approximate surface area is 148 Å². The first-order valence-electron chi connectivity index (χ1n) is 7.92. The number of amides is 3. The molecule has 0 spiro atoms. The van der Waals surface area contributed by atoms with Crippen molar-refractivity contribution in [1.29, 1.82) is 0 Å². The molecule has 0 fully saturated rings. The molecule has 6 nitrogen and oxygen atoms in total. The topological polar surface area (TPSA) is 82.6 Å². The van der Waals surface area contributed by atoms with Crippen molar-refractivity contribution in [1.82, 2.24) is 5.43 Å². The number of hydrogen-bond donors (Lipinski definition) is 3.